The Hall–Kier alpha value is -0.780. The van der Waals surface area contributed by atoms with Crippen LogP contribution in [-0.2, 0) is 0 Å². The minimum atomic E-state index is 0.624. The van der Waals surface area contributed by atoms with E-state index in [0.29, 0.717) is 11.8 Å². The van der Waals surface area contributed by atoms with Crippen molar-refractivity contribution in [3.05, 3.63) is 34.9 Å². The van der Waals surface area contributed by atoms with E-state index in [-0.39, 0.29) is 0 Å². The van der Waals surface area contributed by atoms with Crippen LogP contribution in [0.4, 0.5) is 0 Å². The minimum absolute atomic E-state index is 0.624. The molecule has 0 aromatic heterocycles. The van der Waals surface area contributed by atoms with Crippen LogP contribution in [0.3, 0.4) is 0 Å². The molecular formula is C15H24. The second-order valence-corrected chi connectivity index (χ2v) is 4.93. The molecule has 1 aliphatic carbocycles. The van der Waals surface area contributed by atoms with Gasteiger partial charge in [0.25, 0.3) is 0 Å². The maximum Gasteiger partial charge on any atom is 0.00419 e. The summed E-state index contributed by atoms with van der Waals surface area (Å²) in [5, 5.41) is 0. The van der Waals surface area contributed by atoms with Gasteiger partial charge in [0, 0.05) is 5.92 Å². The molecule has 0 N–H and O–H groups in total. The van der Waals surface area contributed by atoms with E-state index < -0.39 is 0 Å². The first-order valence-electron chi connectivity index (χ1n) is 6.04. The molecule has 1 aliphatic rings. The van der Waals surface area contributed by atoms with Crippen LogP contribution in [0.1, 0.15) is 47.5 Å². The monoisotopic (exact) mass is 204 g/mol. The van der Waals surface area contributed by atoms with Crippen LogP contribution in [0.15, 0.2) is 34.9 Å². The summed E-state index contributed by atoms with van der Waals surface area (Å²) in [5.41, 5.74) is 4.53. The molecule has 0 spiro atoms. The molecule has 2 atom stereocenters. The van der Waals surface area contributed by atoms with E-state index in [1.807, 2.05) is 0 Å². The molecule has 0 saturated heterocycles. The fourth-order valence-corrected chi connectivity index (χ4v) is 2.22. The first-order chi connectivity index (χ1) is 7.06. The lowest BCUT2D eigenvalue weighted by Gasteiger charge is -2.22. The number of rotatable bonds is 2. The van der Waals surface area contributed by atoms with E-state index in [1.54, 1.807) is 5.57 Å². The van der Waals surface area contributed by atoms with Crippen molar-refractivity contribution < 1.29 is 0 Å². The van der Waals surface area contributed by atoms with Crippen molar-refractivity contribution in [3.63, 3.8) is 0 Å². The Bertz CT molecular complexity index is 298. The van der Waals surface area contributed by atoms with Gasteiger partial charge in [-0.3, -0.25) is 0 Å². The second-order valence-electron chi connectivity index (χ2n) is 4.93. The lowest BCUT2D eigenvalue weighted by molar-refractivity contribution is 0.514. The molecule has 0 heterocycles. The first-order valence-corrected chi connectivity index (χ1v) is 6.04. The number of allylic oxidation sites excluding steroid dienone is 6. The standard InChI is InChI=1S/C15H24/c1-6-14-9-7-8-12(4)10-15(14)13(5)11(2)3/h7,9-10,14-15H,6,8H2,1-5H3. The van der Waals surface area contributed by atoms with Gasteiger partial charge in [0.15, 0.2) is 0 Å². The zero-order valence-electron chi connectivity index (χ0n) is 10.8. The maximum absolute atomic E-state index is 2.47. The Morgan fingerprint density at radius 1 is 1.33 bits per heavy atom. The quantitative estimate of drug-likeness (QED) is 0.562. The molecule has 0 saturated carbocycles. The maximum atomic E-state index is 2.47. The van der Waals surface area contributed by atoms with Crippen molar-refractivity contribution in [2.75, 3.05) is 0 Å². The zero-order valence-corrected chi connectivity index (χ0v) is 10.8. The van der Waals surface area contributed by atoms with Gasteiger partial charge in [-0.15, -0.1) is 0 Å². The molecule has 0 aromatic carbocycles. The highest BCUT2D eigenvalue weighted by Crippen LogP contribution is 2.31. The minimum Gasteiger partial charge on any atom is -0.0842 e. The molecule has 0 fully saturated rings. The summed E-state index contributed by atoms with van der Waals surface area (Å²) in [5.74, 6) is 1.32. The van der Waals surface area contributed by atoms with Crippen LogP contribution in [0, 0.1) is 11.8 Å². The summed E-state index contributed by atoms with van der Waals surface area (Å²) in [7, 11) is 0. The van der Waals surface area contributed by atoms with Crippen LogP contribution in [-0.4, -0.2) is 0 Å². The van der Waals surface area contributed by atoms with E-state index in [1.165, 1.54) is 17.6 Å². The lowest BCUT2D eigenvalue weighted by atomic mass is 9.82. The van der Waals surface area contributed by atoms with Crippen molar-refractivity contribution in [3.8, 4) is 0 Å². The molecule has 0 aliphatic heterocycles. The van der Waals surface area contributed by atoms with Gasteiger partial charge in [-0.1, -0.05) is 41.9 Å². The first kappa shape index (κ1) is 12.3. The number of hydrogen-bond acceptors (Lipinski definition) is 0. The van der Waals surface area contributed by atoms with E-state index in [4.69, 9.17) is 0 Å². The normalized spacial score (nSPS) is 25.8. The summed E-state index contributed by atoms with van der Waals surface area (Å²) < 4.78 is 0. The fraction of sp³-hybridized carbons (Fsp3) is 0.600. The van der Waals surface area contributed by atoms with E-state index in [0.717, 1.165) is 6.42 Å². The van der Waals surface area contributed by atoms with Crippen LogP contribution in [0.2, 0.25) is 0 Å². The van der Waals surface area contributed by atoms with Crippen molar-refractivity contribution in [1.29, 1.82) is 0 Å². The molecular weight excluding hydrogens is 180 g/mol. The Balaban J connectivity index is 3.04. The third-order valence-corrected chi connectivity index (χ3v) is 3.51. The Morgan fingerprint density at radius 3 is 2.53 bits per heavy atom. The smallest absolute Gasteiger partial charge is 0.00419 e. The molecule has 84 valence electrons. The predicted octanol–water partition coefficient (Wildman–Crippen LogP) is 4.89. The molecule has 0 radical (unpaired) electrons. The lowest BCUT2D eigenvalue weighted by Crippen LogP contribution is -2.11. The van der Waals surface area contributed by atoms with Gasteiger partial charge in [0.1, 0.15) is 0 Å². The SMILES string of the molecule is CCC1C=CCC(C)=CC1C(C)=C(C)C. The molecule has 0 bridgehead atoms. The Morgan fingerprint density at radius 2 is 2.00 bits per heavy atom. The van der Waals surface area contributed by atoms with E-state index in [9.17, 15) is 0 Å². The average molecular weight is 204 g/mol. The fourth-order valence-electron chi connectivity index (χ4n) is 2.22. The molecule has 15 heavy (non-hydrogen) atoms. The molecule has 2 unspecified atom stereocenters. The molecule has 0 aromatic rings. The van der Waals surface area contributed by atoms with Crippen molar-refractivity contribution in [2.24, 2.45) is 11.8 Å². The summed E-state index contributed by atoms with van der Waals surface area (Å²) in [6.07, 6.45) is 9.57. The molecule has 0 amide bonds. The predicted molar refractivity (Wildman–Crippen MR) is 68.8 cm³/mol. The van der Waals surface area contributed by atoms with Crippen LogP contribution >= 0.6 is 0 Å². The van der Waals surface area contributed by atoms with Gasteiger partial charge >= 0.3 is 0 Å². The Labute approximate surface area is 94.8 Å². The van der Waals surface area contributed by atoms with Gasteiger partial charge in [-0.25, -0.2) is 0 Å². The Kier molecular flexibility index (Phi) is 4.38. The van der Waals surface area contributed by atoms with Crippen molar-refractivity contribution >= 4 is 0 Å². The molecule has 0 heteroatoms. The topological polar surface area (TPSA) is 0 Å². The summed E-state index contributed by atoms with van der Waals surface area (Å²) >= 11 is 0. The van der Waals surface area contributed by atoms with Gasteiger partial charge < -0.3 is 0 Å². The van der Waals surface area contributed by atoms with E-state index >= 15 is 0 Å². The third-order valence-electron chi connectivity index (χ3n) is 3.51. The van der Waals surface area contributed by atoms with Gasteiger partial charge in [0.2, 0.25) is 0 Å². The largest absolute Gasteiger partial charge is 0.0842 e. The van der Waals surface area contributed by atoms with Crippen molar-refractivity contribution in [2.45, 2.75) is 47.5 Å². The van der Waals surface area contributed by atoms with Crippen LogP contribution < -0.4 is 0 Å². The van der Waals surface area contributed by atoms with Gasteiger partial charge in [0.05, 0.1) is 0 Å². The average Bonchev–Trinajstić information content (AvgIpc) is 2.38. The van der Waals surface area contributed by atoms with Crippen molar-refractivity contribution in [1.82, 2.24) is 0 Å². The summed E-state index contributed by atoms with van der Waals surface area (Å²) in [4.78, 5) is 0. The summed E-state index contributed by atoms with van der Waals surface area (Å²) in [6, 6.07) is 0. The highest BCUT2D eigenvalue weighted by atomic mass is 14.2. The van der Waals surface area contributed by atoms with Crippen LogP contribution in [0.5, 0.6) is 0 Å². The van der Waals surface area contributed by atoms with Crippen LogP contribution in [0.25, 0.3) is 0 Å². The second kappa shape index (κ2) is 5.34. The highest BCUT2D eigenvalue weighted by molar-refractivity contribution is 5.24. The summed E-state index contributed by atoms with van der Waals surface area (Å²) in [6.45, 7) is 11.3. The third kappa shape index (κ3) is 3.09. The number of hydrogen-bond donors (Lipinski definition) is 0. The van der Waals surface area contributed by atoms with Gasteiger partial charge in [-0.2, -0.15) is 0 Å². The van der Waals surface area contributed by atoms with Gasteiger partial charge in [-0.05, 0) is 46.5 Å². The zero-order chi connectivity index (χ0) is 11.4. The molecule has 1 rings (SSSR count). The molecule has 0 nitrogen and oxygen atoms in total. The highest BCUT2D eigenvalue weighted by Gasteiger charge is 2.19. The van der Waals surface area contributed by atoms with E-state index in [2.05, 4.69) is 52.8 Å².